The van der Waals surface area contributed by atoms with Crippen LogP contribution in [0.25, 0.3) is 0 Å². The molecule has 1 aliphatic rings. The van der Waals surface area contributed by atoms with Gasteiger partial charge in [-0.1, -0.05) is 0 Å². The molecule has 1 unspecified atom stereocenters. The molecule has 0 aliphatic carbocycles. The average molecular weight is 329 g/mol. The Morgan fingerprint density at radius 2 is 2.26 bits per heavy atom. The second-order valence-corrected chi connectivity index (χ2v) is 5.69. The number of amides is 1. The summed E-state index contributed by atoms with van der Waals surface area (Å²) in [4.78, 5) is 23.2. The van der Waals surface area contributed by atoms with Gasteiger partial charge in [-0.15, -0.1) is 0 Å². The molecule has 0 bridgehead atoms. The van der Waals surface area contributed by atoms with Crippen molar-refractivity contribution in [2.75, 3.05) is 11.9 Å². The van der Waals surface area contributed by atoms with Crippen molar-refractivity contribution in [3.63, 3.8) is 0 Å². The predicted octanol–water partition coefficient (Wildman–Crippen LogP) is 1.28. The number of nitrogens with zero attached hydrogens (tertiary/aromatic N) is 2. The topological polar surface area (TPSA) is 76.0 Å². The molecule has 1 atom stereocenters. The maximum Gasteiger partial charge on any atom is 0.283 e. The normalized spacial score (nSPS) is 19.4. The van der Waals surface area contributed by atoms with Crippen molar-refractivity contribution < 1.29 is 4.79 Å². The Hall–Kier alpha value is -1.37. The van der Waals surface area contributed by atoms with Crippen LogP contribution in [0.5, 0.6) is 0 Å². The minimum Gasteiger partial charge on any atom is -0.378 e. The lowest BCUT2D eigenvalue weighted by Crippen LogP contribution is -2.42. The predicted molar refractivity (Wildman–Crippen MR) is 76.2 cm³/mol. The smallest absolute Gasteiger partial charge is 0.283 e. The van der Waals surface area contributed by atoms with E-state index in [0.29, 0.717) is 23.1 Å². The number of rotatable bonds is 3. The Bertz CT molecular complexity index is 531. The standard InChI is InChI=1S/C12H17BrN4O2/c1-7(2)17-12(19)11(13)9(6-15-17)16-8-3-4-10(18)14-5-8/h6-8,16H,3-5H2,1-2H3,(H,14,18). The number of aromatic nitrogens is 2. The number of piperidine rings is 1. The highest BCUT2D eigenvalue weighted by Gasteiger charge is 2.19. The summed E-state index contributed by atoms with van der Waals surface area (Å²) in [6.07, 6.45) is 2.90. The Labute approximate surface area is 119 Å². The molecule has 6 nitrogen and oxygen atoms in total. The first-order valence-electron chi connectivity index (χ1n) is 6.29. The van der Waals surface area contributed by atoms with Crippen LogP contribution in [0, 0.1) is 0 Å². The summed E-state index contributed by atoms with van der Waals surface area (Å²) in [5, 5.41) is 10.2. The van der Waals surface area contributed by atoms with Crippen molar-refractivity contribution in [2.45, 2.75) is 38.8 Å². The number of carbonyl (C=O) groups excluding carboxylic acids is 1. The van der Waals surface area contributed by atoms with Crippen LogP contribution in [0.4, 0.5) is 5.69 Å². The van der Waals surface area contributed by atoms with Crippen LogP contribution in [-0.4, -0.2) is 28.3 Å². The summed E-state index contributed by atoms with van der Waals surface area (Å²) < 4.78 is 1.91. The van der Waals surface area contributed by atoms with Crippen LogP contribution in [0.2, 0.25) is 0 Å². The van der Waals surface area contributed by atoms with Crippen molar-refractivity contribution in [3.8, 4) is 0 Å². The molecule has 1 amide bonds. The summed E-state index contributed by atoms with van der Waals surface area (Å²) in [5.74, 6) is 0.0745. The first-order valence-corrected chi connectivity index (χ1v) is 7.09. The molecule has 1 saturated heterocycles. The molecule has 0 radical (unpaired) electrons. The van der Waals surface area contributed by atoms with Gasteiger partial charge >= 0.3 is 0 Å². The molecule has 19 heavy (non-hydrogen) atoms. The highest BCUT2D eigenvalue weighted by molar-refractivity contribution is 9.10. The van der Waals surface area contributed by atoms with E-state index in [-0.39, 0.29) is 23.6 Å². The number of carbonyl (C=O) groups is 1. The Balaban J connectivity index is 2.15. The van der Waals surface area contributed by atoms with E-state index < -0.39 is 0 Å². The van der Waals surface area contributed by atoms with Crippen LogP contribution in [0.15, 0.2) is 15.5 Å². The molecule has 104 valence electrons. The van der Waals surface area contributed by atoms with E-state index in [4.69, 9.17) is 0 Å². The van der Waals surface area contributed by atoms with Crippen molar-refractivity contribution >= 4 is 27.5 Å². The van der Waals surface area contributed by atoms with Crippen LogP contribution in [-0.2, 0) is 4.79 Å². The van der Waals surface area contributed by atoms with Gasteiger partial charge in [0.25, 0.3) is 5.56 Å². The Morgan fingerprint density at radius 3 is 2.84 bits per heavy atom. The molecule has 0 spiro atoms. The number of nitrogens with one attached hydrogen (secondary N) is 2. The van der Waals surface area contributed by atoms with E-state index in [9.17, 15) is 9.59 Å². The first-order chi connectivity index (χ1) is 8.99. The lowest BCUT2D eigenvalue weighted by Gasteiger charge is -2.24. The van der Waals surface area contributed by atoms with Crippen LogP contribution < -0.4 is 16.2 Å². The number of hydrogen-bond acceptors (Lipinski definition) is 4. The molecule has 0 aromatic carbocycles. The zero-order valence-corrected chi connectivity index (χ0v) is 12.5. The second-order valence-electron chi connectivity index (χ2n) is 4.90. The van der Waals surface area contributed by atoms with Gasteiger partial charge in [0.2, 0.25) is 5.91 Å². The SMILES string of the molecule is CC(C)n1ncc(NC2CCC(=O)NC2)c(Br)c1=O. The maximum atomic E-state index is 12.1. The van der Waals surface area contributed by atoms with Crippen molar-refractivity contribution in [2.24, 2.45) is 0 Å². The molecular formula is C12H17BrN4O2. The third kappa shape index (κ3) is 3.15. The highest BCUT2D eigenvalue weighted by Crippen LogP contribution is 2.19. The largest absolute Gasteiger partial charge is 0.378 e. The average Bonchev–Trinajstić information content (AvgIpc) is 2.37. The minimum absolute atomic E-state index is 0.0202. The van der Waals surface area contributed by atoms with Gasteiger partial charge in [-0.3, -0.25) is 9.59 Å². The quantitative estimate of drug-likeness (QED) is 0.876. The number of halogens is 1. The fraction of sp³-hybridized carbons (Fsp3) is 0.583. The van der Waals surface area contributed by atoms with E-state index in [1.807, 2.05) is 13.8 Å². The van der Waals surface area contributed by atoms with Gasteiger partial charge in [0.05, 0.1) is 17.9 Å². The van der Waals surface area contributed by atoms with E-state index in [2.05, 4.69) is 31.7 Å². The summed E-state index contributed by atoms with van der Waals surface area (Å²) in [6, 6.07) is 0.150. The van der Waals surface area contributed by atoms with Gasteiger partial charge in [0, 0.05) is 19.0 Å². The van der Waals surface area contributed by atoms with Crippen molar-refractivity contribution in [1.29, 1.82) is 0 Å². The third-order valence-electron chi connectivity index (χ3n) is 3.06. The molecule has 1 aromatic heterocycles. The maximum absolute atomic E-state index is 12.1. The number of hydrogen-bond donors (Lipinski definition) is 2. The molecule has 2 heterocycles. The molecule has 1 aliphatic heterocycles. The Kier molecular flexibility index (Phi) is 4.24. The summed E-state index contributed by atoms with van der Waals surface area (Å²) >= 11 is 3.31. The third-order valence-corrected chi connectivity index (χ3v) is 3.82. The monoisotopic (exact) mass is 328 g/mol. The highest BCUT2D eigenvalue weighted by atomic mass is 79.9. The molecule has 2 N–H and O–H groups in total. The van der Waals surface area contributed by atoms with E-state index in [1.54, 1.807) is 6.20 Å². The summed E-state index contributed by atoms with van der Waals surface area (Å²) in [5.41, 5.74) is 0.517. The molecule has 0 saturated carbocycles. The lowest BCUT2D eigenvalue weighted by atomic mass is 10.1. The molecule has 7 heteroatoms. The molecule has 2 rings (SSSR count). The van der Waals surface area contributed by atoms with E-state index in [0.717, 1.165) is 6.42 Å². The van der Waals surface area contributed by atoms with Gasteiger partial charge in [-0.25, -0.2) is 4.68 Å². The molecule has 1 fully saturated rings. The first kappa shape index (κ1) is 14.0. The van der Waals surface area contributed by atoms with Crippen LogP contribution in [0.1, 0.15) is 32.7 Å². The fourth-order valence-corrected chi connectivity index (χ4v) is 2.39. The minimum atomic E-state index is -0.153. The zero-order chi connectivity index (χ0) is 14.0. The Morgan fingerprint density at radius 1 is 1.53 bits per heavy atom. The summed E-state index contributed by atoms with van der Waals surface area (Å²) in [6.45, 7) is 4.38. The van der Waals surface area contributed by atoms with E-state index in [1.165, 1.54) is 4.68 Å². The van der Waals surface area contributed by atoms with Crippen LogP contribution >= 0.6 is 15.9 Å². The fourth-order valence-electron chi connectivity index (χ4n) is 1.99. The van der Waals surface area contributed by atoms with Gasteiger partial charge < -0.3 is 10.6 Å². The van der Waals surface area contributed by atoms with Gasteiger partial charge in [-0.2, -0.15) is 5.10 Å². The van der Waals surface area contributed by atoms with Crippen molar-refractivity contribution in [1.82, 2.24) is 15.1 Å². The molecule has 1 aromatic rings. The number of anilines is 1. The zero-order valence-electron chi connectivity index (χ0n) is 10.9. The van der Waals surface area contributed by atoms with Crippen molar-refractivity contribution in [3.05, 3.63) is 21.0 Å². The van der Waals surface area contributed by atoms with Gasteiger partial charge in [0.1, 0.15) is 4.47 Å². The molecular weight excluding hydrogens is 312 g/mol. The van der Waals surface area contributed by atoms with Gasteiger partial charge in [0.15, 0.2) is 0 Å². The summed E-state index contributed by atoms with van der Waals surface area (Å²) in [7, 11) is 0. The second kappa shape index (κ2) is 5.73. The van der Waals surface area contributed by atoms with E-state index >= 15 is 0 Å². The van der Waals surface area contributed by atoms with Crippen LogP contribution in [0.3, 0.4) is 0 Å². The lowest BCUT2D eigenvalue weighted by molar-refractivity contribution is -0.122. The van der Waals surface area contributed by atoms with Gasteiger partial charge in [-0.05, 0) is 36.2 Å².